The molecule has 0 fully saturated rings. The van der Waals surface area contributed by atoms with Gasteiger partial charge in [-0.1, -0.05) is 11.6 Å². The van der Waals surface area contributed by atoms with Crippen LogP contribution in [0.5, 0.6) is 0 Å². The van der Waals surface area contributed by atoms with Crippen LogP contribution in [0, 0.1) is 0 Å². The minimum atomic E-state index is -4.70. The molecule has 4 nitrogen and oxygen atoms in total. The van der Waals surface area contributed by atoms with Crippen LogP contribution in [0.3, 0.4) is 0 Å². The van der Waals surface area contributed by atoms with Crippen LogP contribution < -0.4 is 0 Å². The van der Waals surface area contributed by atoms with E-state index >= 15 is 0 Å². The molecule has 0 saturated heterocycles. The first-order chi connectivity index (χ1) is 6.73. The van der Waals surface area contributed by atoms with Crippen molar-refractivity contribution in [3.63, 3.8) is 0 Å². The van der Waals surface area contributed by atoms with Gasteiger partial charge in [-0.15, -0.1) is 0 Å². The van der Waals surface area contributed by atoms with Crippen LogP contribution in [-0.2, 0) is 24.4 Å². The van der Waals surface area contributed by atoms with Crippen LogP contribution in [0.25, 0.3) is 0 Å². The monoisotopic (exact) mass is 242 g/mol. The summed E-state index contributed by atoms with van der Waals surface area (Å²) in [5, 5.41) is 11.2. The van der Waals surface area contributed by atoms with Crippen molar-refractivity contribution in [2.45, 2.75) is 12.6 Å². The van der Waals surface area contributed by atoms with E-state index in [9.17, 15) is 18.0 Å². The second kappa shape index (κ2) is 3.73. The molecule has 15 heavy (non-hydrogen) atoms. The van der Waals surface area contributed by atoms with Crippen LogP contribution in [0.15, 0.2) is 0 Å². The number of halogens is 4. The maximum Gasteiger partial charge on any atom is 0.435 e. The summed E-state index contributed by atoms with van der Waals surface area (Å²) in [7, 11) is 1.21. The molecule has 1 N–H and O–H groups in total. The number of alkyl halides is 3. The first-order valence-electron chi connectivity index (χ1n) is 3.74. The van der Waals surface area contributed by atoms with E-state index < -0.39 is 29.8 Å². The zero-order valence-corrected chi connectivity index (χ0v) is 8.22. The van der Waals surface area contributed by atoms with E-state index in [1.807, 2.05) is 0 Å². The lowest BCUT2D eigenvalue weighted by molar-refractivity contribution is -0.142. The van der Waals surface area contributed by atoms with E-state index in [1.54, 1.807) is 0 Å². The number of carboxylic acids is 1. The molecule has 0 spiro atoms. The van der Waals surface area contributed by atoms with Crippen molar-refractivity contribution in [2.24, 2.45) is 7.05 Å². The number of hydrogen-bond acceptors (Lipinski definition) is 2. The summed E-state index contributed by atoms with van der Waals surface area (Å²) < 4.78 is 37.9. The predicted octanol–water partition coefficient (Wildman–Crippen LogP) is 1.72. The second-order valence-electron chi connectivity index (χ2n) is 2.81. The lowest BCUT2D eigenvalue weighted by Gasteiger charge is -2.03. The van der Waals surface area contributed by atoms with E-state index in [-0.39, 0.29) is 5.15 Å². The van der Waals surface area contributed by atoms with Crippen molar-refractivity contribution in [3.8, 4) is 0 Å². The normalized spacial score (nSPS) is 11.8. The number of carboxylic acid groups (broad SMARTS) is 1. The number of aromatic nitrogens is 2. The van der Waals surface area contributed by atoms with Gasteiger partial charge in [0, 0.05) is 12.6 Å². The third-order valence-electron chi connectivity index (χ3n) is 1.67. The quantitative estimate of drug-likeness (QED) is 0.859. The average molecular weight is 243 g/mol. The summed E-state index contributed by atoms with van der Waals surface area (Å²) in [5.74, 6) is -1.39. The van der Waals surface area contributed by atoms with Crippen LogP contribution >= 0.6 is 11.6 Å². The molecular weight excluding hydrogens is 237 g/mol. The molecule has 0 aliphatic carbocycles. The largest absolute Gasteiger partial charge is 0.481 e. The highest BCUT2D eigenvalue weighted by Crippen LogP contribution is 2.34. The number of hydrogen-bond donors (Lipinski definition) is 1. The molecule has 0 aliphatic rings. The number of carbonyl (C=O) groups is 1. The predicted molar refractivity (Wildman–Crippen MR) is 44.6 cm³/mol. The second-order valence-corrected chi connectivity index (χ2v) is 3.17. The first kappa shape index (κ1) is 11.8. The molecule has 1 aromatic heterocycles. The molecule has 0 amide bonds. The Kier molecular flexibility index (Phi) is 2.94. The number of nitrogens with zero attached hydrogens (tertiary/aromatic N) is 2. The van der Waals surface area contributed by atoms with Gasteiger partial charge in [0.15, 0.2) is 5.69 Å². The highest BCUT2D eigenvalue weighted by atomic mass is 35.5. The van der Waals surface area contributed by atoms with Crippen LogP contribution in [0.4, 0.5) is 13.2 Å². The highest BCUT2D eigenvalue weighted by Gasteiger charge is 2.39. The Morgan fingerprint density at radius 2 is 2.13 bits per heavy atom. The van der Waals surface area contributed by atoms with Crippen LogP contribution in [0.2, 0.25) is 5.15 Å². The van der Waals surface area contributed by atoms with Gasteiger partial charge in [0.25, 0.3) is 0 Å². The summed E-state index contributed by atoms with van der Waals surface area (Å²) in [5.41, 5.74) is -1.77. The number of aliphatic carboxylic acids is 1. The maximum atomic E-state index is 12.4. The van der Waals surface area contributed by atoms with Gasteiger partial charge in [-0.05, 0) is 0 Å². The Labute approximate surface area is 87.3 Å². The third-order valence-corrected chi connectivity index (χ3v) is 2.14. The first-order valence-corrected chi connectivity index (χ1v) is 4.11. The Balaban J connectivity index is 3.27. The van der Waals surface area contributed by atoms with Crippen molar-refractivity contribution in [3.05, 3.63) is 16.4 Å². The molecule has 84 valence electrons. The molecule has 0 atom stereocenters. The maximum absolute atomic E-state index is 12.4. The van der Waals surface area contributed by atoms with Gasteiger partial charge < -0.3 is 5.11 Å². The smallest absolute Gasteiger partial charge is 0.435 e. The van der Waals surface area contributed by atoms with Gasteiger partial charge in [0.1, 0.15) is 5.15 Å². The Hall–Kier alpha value is -1.24. The van der Waals surface area contributed by atoms with E-state index in [0.29, 0.717) is 0 Å². The molecule has 0 bridgehead atoms. The minimum absolute atomic E-state index is 0.315. The van der Waals surface area contributed by atoms with Crippen LogP contribution in [-0.4, -0.2) is 20.9 Å². The summed E-state index contributed by atoms with van der Waals surface area (Å²) in [6.07, 6.45) is -5.50. The van der Waals surface area contributed by atoms with Gasteiger partial charge in [-0.3, -0.25) is 9.48 Å². The molecular formula is C7H6ClF3N2O2. The number of rotatable bonds is 2. The zero-order chi connectivity index (χ0) is 11.8. The molecule has 0 saturated carbocycles. The van der Waals surface area contributed by atoms with E-state index in [0.717, 1.165) is 4.68 Å². The fourth-order valence-corrected chi connectivity index (χ4v) is 1.28. The fraction of sp³-hybridized carbons (Fsp3) is 0.429. The lowest BCUT2D eigenvalue weighted by Crippen LogP contribution is -2.11. The van der Waals surface area contributed by atoms with Gasteiger partial charge in [0.05, 0.1) is 6.42 Å². The molecule has 0 unspecified atom stereocenters. The summed E-state index contributed by atoms with van der Waals surface area (Å²) in [6, 6.07) is 0. The van der Waals surface area contributed by atoms with Gasteiger partial charge in [0.2, 0.25) is 0 Å². The SMILES string of the molecule is Cn1nc(C(F)(F)F)c(CC(=O)O)c1Cl. The Morgan fingerprint density at radius 1 is 1.60 bits per heavy atom. The van der Waals surface area contributed by atoms with Crippen molar-refractivity contribution in [2.75, 3.05) is 0 Å². The van der Waals surface area contributed by atoms with Gasteiger partial charge >= 0.3 is 12.1 Å². The van der Waals surface area contributed by atoms with Gasteiger partial charge in [-0.25, -0.2) is 0 Å². The summed E-state index contributed by atoms with van der Waals surface area (Å²) in [4.78, 5) is 10.3. The van der Waals surface area contributed by atoms with Gasteiger partial charge in [-0.2, -0.15) is 18.3 Å². The van der Waals surface area contributed by atoms with E-state index in [2.05, 4.69) is 5.10 Å². The summed E-state index contributed by atoms with van der Waals surface area (Å²) in [6.45, 7) is 0. The molecule has 0 aromatic carbocycles. The lowest BCUT2D eigenvalue weighted by atomic mass is 10.2. The Bertz CT molecular complexity index is 400. The third kappa shape index (κ3) is 2.41. The standard InChI is InChI=1S/C7H6ClF3N2O2/c1-13-6(8)3(2-4(14)15)5(12-13)7(9,10)11/h2H2,1H3,(H,14,15). The van der Waals surface area contributed by atoms with Crippen molar-refractivity contribution in [1.29, 1.82) is 0 Å². The molecule has 1 aromatic rings. The molecule has 1 heterocycles. The number of aryl methyl sites for hydroxylation is 1. The molecule has 0 aliphatic heterocycles. The van der Waals surface area contributed by atoms with Crippen molar-refractivity contribution in [1.82, 2.24) is 9.78 Å². The summed E-state index contributed by atoms with van der Waals surface area (Å²) >= 11 is 5.50. The molecule has 8 heteroatoms. The van der Waals surface area contributed by atoms with E-state index in [4.69, 9.17) is 16.7 Å². The molecule has 1 rings (SSSR count). The topological polar surface area (TPSA) is 55.1 Å². The fourth-order valence-electron chi connectivity index (χ4n) is 1.08. The molecule has 0 radical (unpaired) electrons. The van der Waals surface area contributed by atoms with Crippen molar-refractivity contribution < 1.29 is 23.1 Å². The van der Waals surface area contributed by atoms with Crippen molar-refractivity contribution >= 4 is 17.6 Å². The van der Waals surface area contributed by atoms with Crippen LogP contribution in [0.1, 0.15) is 11.3 Å². The van der Waals surface area contributed by atoms with E-state index in [1.165, 1.54) is 7.05 Å². The highest BCUT2D eigenvalue weighted by molar-refractivity contribution is 6.30. The Morgan fingerprint density at radius 3 is 2.53 bits per heavy atom. The average Bonchev–Trinajstić information content (AvgIpc) is 2.30. The minimum Gasteiger partial charge on any atom is -0.481 e. The zero-order valence-electron chi connectivity index (χ0n) is 7.47.